The molecule has 0 radical (unpaired) electrons. The van der Waals surface area contributed by atoms with E-state index >= 15 is 0 Å². The highest BCUT2D eigenvalue weighted by atomic mass is 16.1. The van der Waals surface area contributed by atoms with E-state index in [0.717, 1.165) is 5.56 Å². The summed E-state index contributed by atoms with van der Waals surface area (Å²) < 4.78 is 0. The van der Waals surface area contributed by atoms with Crippen molar-refractivity contribution in [1.29, 1.82) is 0 Å². The van der Waals surface area contributed by atoms with Gasteiger partial charge in [0.25, 0.3) is 0 Å². The Bertz CT molecular complexity index is 489. The Kier molecular flexibility index (Phi) is 2.92. The minimum Gasteiger partial charge on any atom is -0.294 e. The van der Waals surface area contributed by atoms with Gasteiger partial charge in [-0.2, -0.15) is 0 Å². The van der Waals surface area contributed by atoms with Gasteiger partial charge in [-0.15, -0.1) is 0 Å². The van der Waals surface area contributed by atoms with Crippen molar-refractivity contribution >= 4 is 5.78 Å². The first-order chi connectivity index (χ1) is 8.13. The monoisotopic (exact) mass is 244 g/mol. The zero-order chi connectivity index (χ0) is 13.7. The van der Waals surface area contributed by atoms with Crippen molar-refractivity contribution in [2.45, 2.75) is 59.3 Å². The summed E-state index contributed by atoms with van der Waals surface area (Å²) in [5.74, 6) is 0.796. The molecule has 0 saturated heterocycles. The molecule has 1 heteroatoms. The summed E-state index contributed by atoms with van der Waals surface area (Å²) in [5.41, 5.74) is 3.60. The number of Topliss-reactive ketones (excluding diaryl/α,β-unsaturated/α-hetero) is 1. The van der Waals surface area contributed by atoms with Gasteiger partial charge in [-0.25, -0.2) is 0 Å². The first-order valence-corrected chi connectivity index (χ1v) is 6.82. The molecular weight excluding hydrogens is 220 g/mol. The molecular formula is C17H24O. The molecule has 1 aliphatic rings. The number of benzene rings is 1. The Morgan fingerprint density at radius 3 is 2.44 bits per heavy atom. The molecule has 1 nitrogen and oxygen atoms in total. The van der Waals surface area contributed by atoms with Gasteiger partial charge in [0, 0.05) is 11.0 Å². The van der Waals surface area contributed by atoms with Crippen LogP contribution in [0.5, 0.6) is 0 Å². The number of rotatable bonds is 1. The molecule has 0 N–H and O–H groups in total. The molecule has 0 aromatic heterocycles. The molecule has 0 amide bonds. The molecule has 1 unspecified atom stereocenters. The fourth-order valence-corrected chi connectivity index (χ4v) is 3.15. The largest absolute Gasteiger partial charge is 0.294 e. The topological polar surface area (TPSA) is 17.1 Å². The summed E-state index contributed by atoms with van der Waals surface area (Å²) in [6.07, 6.45) is 1.18. The number of hydrogen-bond donors (Lipinski definition) is 0. The third kappa shape index (κ3) is 2.11. The first-order valence-electron chi connectivity index (χ1n) is 6.82. The van der Waals surface area contributed by atoms with Gasteiger partial charge in [0.15, 0.2) is 5.78 Å². The maximum absolute atomic E-state index is 12.3. The molecule has 1 aromatic rings. The van der Waals surface area contributed by atoms with Crippen LogP contribution < -0.4 is 0 Å². The minimum atomic E-state index is -0.300. The molecule has 2 rings (SSSR count). The summed E-state index contributed by atoms with van der Waals surface area (Å²) in [6.45, 7) is 12.8. The number of fused-ring (bicyclic) bond motifs is 1. The predicted molar refractivity (Wildman–Crippen MR) is 76.3 cm³/mol. The van der Waals surface area contributed by atoms with Crippen LogP contribution in [0.25, 0.3) is 0 Å². The Morgan fingerprint density at radius 1 is 1.28 bits per heavy atom. The molecule has 0 fully saturated rings. The summed E-state index contributed by atoms with van der Waals surface area (Å²) in [5, 5.41) is 0. The van der Waals surface area contributed by atoms with Gasteiger partial charge in [0.1, 0.15) is 0 Å². The lowest BCUT2D eigenvalue weighted by molar-refractivity contribution is 0.0858. The van der Waals surface area contributed by atoms with Crippen molar-refractivity contribution in [3.63, 3.8) is 0 Å². The van der Waals surface area contributed by atoms with Crippen molar-refractivity contribution in [3.8, 4) is 0 Å². The van der Waals surface area contributed by atoms with E-state index in [1.54, 1.807) is 0 Å². The van der Waals surface area contributed by atoms with E-state index in [1.807, 2.05) is 26.8 Å². The van der Waals surface area contributed by atoms with Gasteiger partial charge in [-0.1, -0.05) is 53.7 Å². The van der Waals surface area contributed by atoms with Crippen molar-refractivity contribution in [2.75, 3.05) is 0 Å². The van der Waals surface area contributed by atoms with E-state index in [4.69, 9.17) is 0 Å². The highest BCUT2D eigenvalue weighted by molar-refractivity contribution is 6.00. The minimum absolute atomic E-state index is 0.238. The highest BCUT2D eigenvalue weighted by Crippen LogP contribution is 2.45. The summed E-state index contributed by atoms with van der Waals surface area (Å²) in [4.78, 5) is 12.3. The Hall–Kier alpha value is -1.11. The quantitative estimate of drug-likeness (QED) is 0.654. The molecule has 1 aromatic carbocycles. The molecule has 0 saturated carbocycles. The van der Waals surface area contributed by atoms with Crippen molar-refractivity contribution in [1.82, 2.24) is 0 Å². The Morgan fingerprint density at radius 2 is 1.89 bits per heavy atom. The Balaban J connectivity index is 2.47. The van der Waals surface area contributed by atoms with Crippen LogP contribution in [0.15, 0.2) is 18.2 Å². The van der Waals surface area contributed by atoms with Gasteiger partial charge in [-0.3, -0.25) is 4.79 Å². The number of hydrogen-bond acceptors (Lipinski definition) is 1. The summed E-state index contributed by atoms with van der Waals surface area (Å²) in [7, 11) is 0. The molecule has 98 valence electrons. The van der Waals surface area contributed by atoms with Crippen LogP contribution >= 0.6 is 0 Å². The zero-order valence-electron chi connectivity index (χ0n) is 12.4. The fraction of sp³-hybridized carbons (Fsp3) is 0.588. The summed E-state index contributed by atoms with van der Waals surface area (Å²) in [6, 6.07) is 6.30. The molecule has 0 heterocycles. The second-order valence-corrected chi connectivity index (χ2v) is 7.37. The van der Waals surface area contributed by atoms with E-state index in [-0.39, 0.29) is 16.6 Å². The van der Waals surface area contributed by atoms with E-state index in [2.05, 4.69) is 32.9 Å². The lowest BCUT2D eigenvalue weighted by atomic mass is 9.83. The second-order valence-electron chi connectivity index (χ2n) is 7.37. The van der Waals surface area contributed by atoms with Crippen LogP contribution in [0.1, 0.15) is 75.4 Å². The highest BCUT2D eigenvalue weighted by Gasteiger charge is 2.35. The lowest BCUT2D eigenvalue weighted by Crippen LogP contribution is -2.20. The second kappa shape index (κ2) is 3.94. The normalized spacial score (nSPS) is 21.8. The van der Waals surface area contributed by atoms with Crippen LogP contribution in [0.3, 0.4) is 0 Å². The van der Waals surface area contributed by atoms with Crippen LogP contribution in [-0.4, -0.2) is 5.78 Å². The van der Waals surface area contributed by atoms with E-state index in [1.165, 1.54) is 17.5 Å². The standard InChI is InChI=1S/C17H24O/c1-11-10-17(5,6)14-8-7-12(9-13(11)14)15(18)16(2,3)4/h7-9,11H,10H2,1-6H3. The molecule has 1 atom stereocenters. The molecule has 0 spiro atoms. The zero-order valence-corrected chi connectivity index (χ0v) is 12.4. The average molecular weight is 244 g/mol. The number of ketones is 1. The summed E-state index contributed by atoms with van der Waals surface area (Å²) >= 11 is 0. The van der Waals surface area contributed by atoms with E-state index in [9.17, 15) is 4.79 Å². The third-order valence-electron chi connectivity index (χ3n) is 4.07. The average Bonchev–Trinajstić information content (AvgIpc) is 2.47. The predicted octanol–water partition coefficient (Wildman–Crippen LogP) is 4.70. The van der Waals surface area contributed by atoms with Crippen molar-refractivity contribution in [3.05, 3.63) is 34.9 Å². The number of carbonyl (C=O) groups is 1. The van der Waals surface area contributed by atoms with Crippen LogP contribution in [0.2, 0.25) is 0 Å². The third-order valence-corrected chi connectivity index (χ3v) is 4.07. The molecule has 1 aliphatic carbocycles. The lowest BCUT2D eigenvalue weighted by Gasteiger charge is -2.20. The van der Waals surface area contributed by atoms with Gasteiger partial charge < -0.3 is 0 Å². The Labute approximate surface area is 111 Å². The van der Waals surface area contributed by atoms with Gasteiger partial charge in [0.05, 0.1) is 0 Å². The fourth-order valence-electron chi connectivity index (χ4n) is 3.15. The van der Waals surface area contributed by atoms with Crippen LogP contribution in [-0.2, 0) is 5.41 Å². The smallest absolute Gasteiger partial charge is 0.168 e. The maximum atomic E-state index is 12.3. The maximum Gasteiger partial charge on any atom is 0.168 e. The number of carbonyl (C=O) groups excluding carboxylic acids is 1. The molecule has 0 aliphatic heterocycles. The van der Waals surface area contributed by atoms with Crippen molar-refractivity contribution in [2.24, 2.45) is 5.41 Å². The molecule has 18 heavy (non-hydrogen) atoms. The van der Waals surface area contributed by atoms with Gasteiger partial charge in [0.2, 0.25) is 0 Å². The van der Waals surface area contributed by atoms with Crippen molar-refractivity contribution < 1.29 is 4.79 Å². The van der Waals surface area contributed by atoms with Gasteiger partial charge in [-0.05, 0) is 34.9 Å². The van der Waals surface area contributed by atoms with Crippen LogP contribution in [0, 0.1) is 5.41 Å². The SMILES string of the molecule is CC1CC(C)(C)c2ccc(C(=O)C(C)(C)C)cc21. The van der Waals surface area contributed by atoms with Crippen LogP contribution in [0.4, 0.5) is 0 Å². The van der Waals surface area contributed by atoms with E-state index in [0.29, 0.717) is 5.92 Å². The van der Waals surface area contributed by atoms with E-state index < -0.39 is 0 Å². The molecule has 0 bridgehead atoms. The van der Waals surface area contributed by atoms with Gasteiger partial charge >= 0.3 is 0 Å². The first kappa shape index (κ1) is 13.3.